The normalized spacial score (nSPS) is 16.4. The lowest BCUT2D eigenvalue weighted by atomic mass is 10.0. The van der Waals surface area contributed by atoms with Gasteiger partial charge in [-0.05, 0) is 55.1 Å². The van der Waals surface area contributed by atoms with Crippen molar-refractivity contribution in [3.8, 4) is 11.5 Å². The third-order valence-corrected chi connectivity index (χ3v) is 7.35. The quantitative estimate of drug-likeness (QED) is 0.212. The molecule has 1 aliphatic heterocycles. The Hall–Kier alpha value is -4.60. The first-order chi connectivity index (χ1) is 20.5. The largest absolute Gasteiger partial charge is 0.495 e. The summed E-state index contributed by atoms with van der Waals surface area (Å²) in [4.78, 5) is 7.11. The van der Waals surface area contributed by atoms with Crippen molar-refractivity contribution in [3.63, 3.8) is 0 Å². The second-order valence-electron chi connectivity index (χ2n) is 10.1. The van der Waals surface area contributed by atoms with E-state index in [-0.39, 0.29) is 0 Å². The summed E-state index contributed by atoms with van der Waals surface area (Å²) in [6.45, 7) is 8.50. The molecule has 0 bridgehead atoms. The molecular formula is C33H39N7O2. The first-order valence-corrected chi connectivity index (χ1v) is 14.3. The highest BCUT2D eigenvalue weighted by molar-refractivity contribution is 6.12. The average molecular weight is 566 g/mol. The van der Waals surface area contributed by atoms with Crippen molar-refractivity contribution in [3.05, 3.63) is 114 Å². The lowest BCUT2D eigenvalue weighted by Crippen LogP contribution is -2.51. The summed E-state index contributed by atoms with van der Waals surface area (Å²) in [5, 5.41) is 11.6. The van der Waals surface area contributed by atoms with Crippen LogP contribution < -0.4 is 25.8 Å². The van der Waals surface area contributed by atoms with Gasteiger partial charge in [0.2, 0.25) is 5.79 Å². The lowest BCUT2D eigenvalue weighted by Gasteiger charge is -2.34. The van der Waals surface area contributed by atoms with Gasteiger partial charge in [0.25, 0.3) is 0 Å². The van der Waals surface area contributed by atoms with Crippen molar-refractivity contribution in [1.29, 1.82) is 0 Å². The average Bonchev–Trinajstić information content (AvgIpc) is 3.48. The predicted octanol–water partition coefficient (Wildman–Crippen LogP) is 4.88. The Bertz CT molecular complexity index is 1510. The molecule has 2 heterocycles. The minimum absolute atomic E-state index is 0.627. The molecule has 1 atom stereocenters. The van der Waals surface area contributed by atoms with E-state index >= 15 is 0 Å². The van der Waals surface area contributed by atoms with Gasteiger partial charge in [0.1, 0.15) is 23.9 Å². The summed E-state index contributed by atoms with van der Waals surface area (Å²) in [6.07, 6.45) is 5.64. The molecule has 9 heteroatoms. The zero-order valence-electron chi connectivity index (χ0n) is 24.5. The molecule has 0 amide bonds. The molecule has 0 radical (unpaired) electrons. The number of aromatic nitrogens is 2. The monoisotopic (exact) mass is 565 g/mol. The van der Waals surface area contributed by atoms with Gasteiger partial charge in [0.15, 0.2) is 0 Å². The van der Waals surface area contributed by atoms with Crippen LogP contribution in [-0.4, -0.2) is 54.2 Å². The standard InChI is InChI=1S/C33H39N7O2/c1-4-39(5-2)19-20-42-28-17-15-27(16-18-28)33(34)35-22-29(32(38-33)37-30-13-9-10-14-31(30)41-3)26-21-36-40(24-26)23-25-11-7-6-8-12-25/h6-18,21-22,24,37-38H,4-5,19-20,23,34H2,1-3H3. The Morgan fingerprint density at radius 2 is 1.71 bits per heavy atom. The maximum absolute atomic E-state index is 6.89. The molecule has 3 aromatic carbocycles. The third kappa shape index (κ3) is 6.82. The van der Waals surface area contributed by atoms with Crippen LogP contribution in [0.5, 0.6) is 11.5 Å². The van der Waals surface area contributed by atoms with Gasteiger partial charge in [-0.3, -0.25) is 10.4 Å². The number of allylic oxidation sites excluding steroid dienone is 1. The molecule has 5 rings (SSSR count). The van der Waals surface area contributed by atoms with Gasteiger partial charge in [-0.15, -0.1) is 0 Å². The molecule has 4 aromatic rings. The maximum Gasteiger partial charge on any atom is 0.210 e. The number of nitrogens with two attached hydrogens (primary N) is 1. The summed E-state index contributed by atoms with van der Waals surface area (Å²) in [6, 6.07) is 25.7. The highest BCUT2D eigenvalue weighted by Crippen LogP contribution is 2.31. The van der Waals surface area contributed by atoms with Crippen molar-refractivity contribution in [2.75, 3.05) is 38.7 Å². The number of rotatable bonds is 13. The molecule has 4 N–H and O–H groups in total. The Balaban J connectivity index is 1.39. The molecule has 9 nitrogen and oxygen atoms in total. The van der Waals surface area contributed by atoms with Crippen LogP contribution in [0.4, 0.5) is 5.69 Å². The van der Waals surface area contributed by atoms with Gasteiger partial charge in [-0.25, -0.2) is 4.99 Å². The van der Waals surface area contributed by atoms with Gasteiger partial charge in [0.05, 0.1) is 25.5 Å². The van der Waals surface area contributed by atoms with Crippen molar-refractivity contribution in [1.82, 2.24) is 20.0 Å². The second kappa shape index (κ2) is 13.4. The molecule has 1 aromatic heterocycles. The van der Waals surface area contributed by atoms with E-state index in [4.69, 9.17) is 20.2 Å². The van der Waals surface area contributed by atoms with Crippen LogP contribution in [0.2, 0.25) is 0 Å². The van der Waals surface area contributed by atoms with Gasteiger partial charge in [-0.2, -0.15) is 5.10 Å². The molecule has 1 aliphatic rings. The first kappa shape index (κ1) is 28.9. The number of hydrogen-bond acceptors (Lipinski definition) is 8. The van der Waals surface area contributed by atoms with Crippen LogP contribution in [0.1, 0.15) is 30.5 Å². The van der Waals surface area contributed by atoms with Crippen LogP contribution in [-0.2, 0) is 12.3 Å². The van der Waals surface area contributed by atoms with Crippen LogP contribution in [0.3, 0.4) is 0 Å². The fourth-order valence-electron chi connectivity index (χ4n) is 4.87. The number of nitrogens with zero attached hydrogens (tertiary/aromatic N) is 4. The smallest absolute Gasteiger partial charge is 0.210 e. The Morgan fingerprint density at radius 1 is 0.976 bits per heavy atom. The molecule has 0 fully saturated rings. The fraction of sp³-hybridized carbons (Fsp3) is 0.273. The number of benzene rings is 3. The lowest BCUT2D eigenvalue weighted by molar-refractivity contribution is 0.222. The molecular weight excluding hydrogens is 526 g/mol. The van der Waals surface area contributed by atoms with Crippen molar-refractivity contribution in [2.24, 2.45) is 10.7 Å². The molecule has 1 unspecified atom stereocenters. The molecule has 218 valence electrons. The zero-order valence-corrected chi connectivity index (χ0v) is 24.5. The third-order valence-electron chi connectivity index (χ3n) is 7.35. The van der Waals surface area contributed by atoms with E-state index in [1.54, 1.807) is 13.3 Å². The Kier molecular flexibility index (Phi) is 9.21. The number of para-hydroxylation sites is 2. The van der Waals surface area contributed by atoms with Crippen LogP contribution in [0, 0.1) is 0 Å². The van der Waals surface area contributed by atoms with Crippen LogP contribution in [0.25, 0.3) is 5.57 Å². The van der Waals surface area contributed by atoms with E-state index in [0.717, 1.165) is 47.8 Å². The number of hydrogen-bond donors (Lipinski definition) is 3. The minimum Gasteiger partial charge on any atom is -0.495 e. The zero-order chi connectivity index (χ0) is 29.4. The summed E-state index contributed by atoms with van der Waals surface area (Å²) >= 11 is 0. The highest BCUT2D eigenvalue weighted by Gasteiger charge is 2.32. The van der Waals surface area contributed by atoms with E-state index in [1.807, 2.05) is 83.8 Å². The molecule has 0 aliphatic carbocycles. The van der Waals surface area contributed by atoms with Crippen LogP contribution >= 0.6 is 0 Å². The van der Waals surface area contributed by atoms with Gasteiger partial charge in [0, 0.05) is 35.7 Å². The second-order valence-corrected chi connectivity index (χ2v) is 10.1. The van der Waals surface area contributed by atoms with E-state index in [9.17, 15) is 0 Å². The molecule has 42 heavy (non-hydrogen) atoms. The SMILES string of the molecule is CCN(CC)CCOc1ccc(C2(N)N=CC(c3cnn(Cc4ccccc4)c3)=C(Nc3ccccc3OC)N2)cc1. The van der Waals surface area contributed by atoms with E-state index in [2.05, 4.69) is 46.6 Å². The highest BCUT2D eigenvalue weighted by atomic mass is 16.5. The maximum atomic E-state index is 6.89. The summed E-state index contributed by atoms with van der Waals surface area (Å²) in [5.41, 5.74) is 11.4. The summed E-state index contributed by atoms with van der Waals surface area (Å²) in [5.74, 6) is 0.995. The minimum atomic E-state index is -1.20. The first-order valence-electron chi connectivity index (χ1n) is 14.3. The number of anilines is 1. The summed E-state index contributed by atoms with van der Waals surface area (Å²) in [7, 11) is 1.65. The van der Waals surface area contributed by atoms with Crippen molar-refractivity contribution < 1.29 is 9.47 Å². The fourth-order valence-corrected chi connectivity index (χ4v) is 4.87. The number of likely N-dealkylation sites (N-methyl/N-ethyl adjacent to an activating group) is 1. The summed E-state index contributed by atoms with van der Waals surface area (Å²) < 4.78 is 13.5. The van der Waals surface area contributed by atoms with Crippen molar-refractivity contribution in [2.45, 2.75) is 26.2 Å². The number of ether oxygens (including phenoxy) is 2. The molecule has 0 saturated heterocycles. The predicted molar refractivity (Wildman–Crippen MR) is 169 cm³/mol. The Labute approximate surface area is 247 Å². The van der Waals surface area contributed by atoms with E-state index in [0.29, 0.717) is 24.7 Å². The van der Waals surface area contributed by atoms with Crippen molar-refractivity contribution >= 4 is 17.5 Å². The van der Waals surface area contributed by atoms with Gasteiger partial charge in [-0.1, -0.05) is 56.3 Å². The van der Waals surface area contributed by atoms with E-state index in [1.165, 1.54) is 5.56 Å². The molecule has 0 spiro atoms. The topological polar surface area (TPSA) is 102 Å². The van der Waals surface area contributed by atoms with E-state index < -0.39 is 5.79 Å². The number of nitrogens with one attached hydrogen (secondary N) is 2. The van der Waals surface area contributed by atoms with Gasteiger partial charge < -0.3 is 25.0 Å². The number of aliphatic imine (C=N–C) groups is 1. The van der Waals surface area contributed by atoms with Crippen LogP contribution in [0.15, 0.2) is 102 Å². The number of methoxy groups -OCH3 is 1. The Morgan fingerprint density at radius 3 is 2.45 bits per heavy atom. The van der Waals surface area contributed by atoms with Gasteiger partial charge >= 0.3 is 0 Å². The molecule has 0 saturated carbocycles.